The molecule has 6 heteroatoms. The van der Waals surface area contributed by atoms with Crippen LogP contribution in [-0.2, 0) is 10.0 Å². The average Bonchev–Trinajstić information content (AvgIpc) is 2.82. The zero-order chi connectivity index (χ0) is 15.7. The number of thiophene rings is 1. The molecule has 1 aliphatic rings. The minimum absolute atomic E-state index is 0.183. The number of halogens is 1. The van der Waals surface area contributed by atoms with Crippen LogP contribution >= 0.6 is 22.9 Å². The summed E-state index contributed by atoms with van der Waals surface area (Å²) in [5.74, 6) is -0.183. The van der Waals surface area contributed by atoms with E-state index in [-0.39, 0.29) is 5.92 Å². The Hall–Kier alpha value is -0.620. The number of nitrogens with two attached hydrogens (primary N) is 1. The minimum Gasteiger partial charge on any atom is -0.228 e. The third-order valence-corrected chi connectivity index (χ3v) is 7.31. The van der Waals surface area contributed by atoms with Crippen LogP contribution in [0.25, 0.3) is 5.57 Å². The molecule has 2 N–H and O–H groups in total. The molecule has 0 aromatic carbocycles. The molecule has 0 bridgehead atoms. The van der Waals surface area contributed by atoms with Crippen molar-refractivity contribution in [2.75, 3.05) is 0 Å². The predicted octanol–water partition coefficient (Wildman–Crippen LogP) is 4.21. The Balaban J connectivity index is 2.66. The zero-order valence-electron chi connectivity index (χ0n) is 12.2. The van der Waals surface area contributed by atoms with Crippen molar-refractivity contribution < 1.29 is 8.42 Å². The van der Waals surface area contributed by atoms with E-state index in [1.54, 1.807) is 6.07 Å². The lowest BCUT2D eigenvalue weighted by molar-refractivity contribution is 0.464. The van der Waals surface area contributed by atoms with E-state index < -0.39 is 14.8 Å². The number of allylic oxidation sites excluding steroid dienone is 3. The number of hydrogen-bond acceptors (Lipinski definition) is 3. The first-order valence-electron chi connectivity index (χ1n) is 6.99. The van der Waals surface area contributed by atoms with E-state index in [0.29, 0.717) is 11.4 Å². The summed E-state index contributed by atoms with van der Waals surface area (Å²) >= 11 is 7.70. The molecule has 0 amide bonds. The normalized spacial score (nSPS) is 25.9. The van der Waals surface area contributed by atoms with E-state index in [4.69, 9.17) is 16.7 Å². The highest BCUT2D eigenvalue weighted by Gasteiger charge is 2.50. The first-order valence-corrected chi connectivity index (χ1v) is 9.79. The summed E-state index contributed by atoms with van der Waals surface area (Å²) in [5.41, 5.74) is 0.730. The van der Waals surface area contributed by atoms with Gasteiger partial charge < -0.3 is 0 Å². The summed E-state index contributed by atoms with van der Waals surface area (Å²) in [5, 5.41) is 8.13. The number of rotatable bonds is 5. The third-order valence-electron chi connectivity index (χ3n) is 4.13. The number of hydrogen-bond donors (Lipinski definition) is 1. The molecular formula is C15H20ClNO2S2. The van der Waals surface area contributed by atoms with Gasteiger partial charge in [0.15, 0.2) is 0 Å². The Morgan fingerprint density at radius 2 is 2.19 bits per heavy atom. The van der Waals surface area contributed by atoms with E-state index in [1.807, 2.05) is 37.5 Å². The second-order valence-electron chi connectivity index (χ2n) is 5.39. The highest BCUT2D eigenvalue weighted by Crippen LogP contribution is 2.48. The van der Waals surface area contributed by atoms with Crippen LogP contribution in [0.4, 0.5) is 0 Å². The van der Waals surface area contributed by atoms with Gasteiger partial charge in [0.2, 0.25) is 10.0 Å². The second-order valence-corrected chi connectivity index (χ2v) is 8.53. The highest BCUT2D eigenvalue weighted by molar-refractivity contribution is 7.91. The zero-order valence-corrected chi connectivity index (χ0v) is 14.6. The largest absolute Gasteiger partial charge is 0.228 e. The summed E-state index contributed by atoms with van der Waals surface area (Å²) in [7, 11) is -3.77. The lowest BCUT2D eigenvalue weighted by Gasteiger charge is -2.39. The van der Waals surface area contributed by atoms with E-state index in [0.717, 1.165) is 23.3 Å². The molecule has 0 aliphatic heterocycles. The van der Waals surface area contributed by atoms with Gasteiger partial charge in [-0.05, 0) is 29.4 Å². The Morgan fingerprint density at radius 1 is 1.48 bits per heavy atom. The van der Waals surface area contributed by atoms with Gasteiger partial charge in [-0.25, -0.2) is 13.6 Å². The first kappa shape index (κ1) is 16.7. The van der Waals surface area contributed by atoms with Crippen molar-refractivity contribution >= 4 is 38.5 Å². The molecule has 2 atom stereocenters. The Bertz CT molecular complexity index is 676. The summed E-state index contributed by atoms with van der Waals surface area (Å²) in [6, 6.07) is 1.79. The maximum Gasteiger partial charge on any atom is 0.219 e. The van der Waals surface area contributed by atoms with E-state index in [1.165, 1.54) is 11.3 Å². The fraction of sp³-hybridized carbons (Fsp3) is 0.467. The smallest absolute Gasteiger partial charge is 0.219 e. The van der Waals surface area contributed by atoms with Crippen molar-refractivity contribution in [3.05, 3.63) is 39.6 Å². The number of unbranched alkanes of at least 4 members (excludes halogenated alkanes) is 1. The molecular weight excluding hydrogens is 326 g/mol. The SMILES string of the molecule is CCCCC1(S(N)(=O)=O)C(c2sccc2Cl)=CC=CC1C. The molecule has 0 saturated heterocycles. The third kappa shape index (κ3) is 2.84. The van der Waals surface area contributed by atoms with Gasteiger partial charge in [0, 0.05) is 0 Å². The Morgan fingerprint density at radius 3 is 2.71 bits per heavy atom. The summed E-state index contributed by atoms with van der Waals surface area (Å²) in [4.78, 5) is 0.804. The fourth-order valence-corrected chi connectivity index (χ4v) is 5.81. The van der Waals surface area contributed by atoms with Crippen LogP contribution < -0.4 is 5.14 Å². The molecule has 0 saturated carbocycles. The van der Waals surface area contributed by atoms with E-state index >= 15 is 0 Å². The second kappa shape index (κ2) is 6.24. The maximum absolute atomic E-state index is 12.5. The summed E-state index contributed by atoms with van der Waals surface area (Å²) in [6.45, 7) is 3.95. The highest BCUT2D eigenvalue weighted by atomic mass is 35.5. The van der Waals surface area contributed by atoms with Gasteiger partial charge in [0.25, 0.3) is 0 Å². The molecule has 1 aromatic heterocycles. The molecule has 0 radical (unpaired) electrons. The lowest BCUT2D eigenvalue weighted by atomic mass is 9.78. The van der Waals surface area contributed by atoms with Crippen LogP contribution in [0, 0.1) is 5.92 Å². The monoisotopic (exact) mass is 345 g/mol. The molecule has 3 nitrogen and oxygen atoms in total. The number of sulfonamides is 1. The maximum atomic E-state index is 12.5. The van der Waals surface area contributed by atoms with E-state index in [2.05, 4.69) is 0 Å². The van der Waals surface area contributed by atoms with Crippen LogP contribution in [0.15, 0.2) is 29.7 Å². The summed E-state index contributed by atoms with van der Waals surface area (Å²) < 4.78 is 23.9. The number of primary sulfonamides is 1. The fourth-order valence-electron chi connectivity index (χ4n) is 2.97. The molecule has 1 aliphatic carbocycles. The van der Waals surface area contributed by atoms with Gasteiger partial charge in [0.05, 0.1) is 9.90 Å². The molecule has 2 rings (SSSR count). The topological polar surface area (TPSA) is 60.2 Å². The molecule has 21 heavy (non-hydrogen) atoms. The van der Waals surface area contributed by atoms with Crippen LogP contribution in [-0.4, -0.2) is 13.2 Å². The van der Waals surface area contributed by atoms with Crippen molar-refractivity contribution in [1.29, 1.82) is 0 Å². The van der Waals surface area contributed by atoms with Gasteiger partial charge in [-0.15, -0.1) is 11.3 Å². The molecule has 116 valence electrons. The van der Waals surface area contributed by atoms with Crippen LogP contribution in [0.5, 0.6) is 0 Å². The first-order chi connectivity index (χ1) is 9.84. The van der Waals surface area contributed by atoms with Gasteiger partial charge in [-0.1, -0.05) is 56.5 Å². The molecule has 0 fully saturated rings. The standard InChI is InChI=1S/C15H20ClNO2S2/c1-3-4-9-15(21(17,18)19)11(2)6-5-7-12(15)14-13(16)8-10-20-14/h5-8,10-11H,3-4,9H2,1-2H3,(H2,17,18,19). The van der Waals surface area contributed by atoms with Gasteiger partial charge in [0.1, 0.15) is 4.75 Å². The van der Waals surface area contributed by atoms with Crippen LogP contribution in [0.1, 0.15) is 38.0 Å². The van der Waals surface area contributed by atoms with Crippen molar-refractivity contribution in [1.82, 2.24) is 0 Å². The van der Waals surface area contributed by atoms with Crippen LogP contribution in [0.3, 0.4) is 0 Å². The Kier molecular flexibility index (Phi) is 4.98. The molecule has 1 heterocycles. The van der Waals surface area contributed by atoms with Gasteiger partial charge in [-0.2, -0.15) is 0 Å². The van der Waals surface area contributed by atoms with Crippen LogP contribution in [0.2, 0.25) is 5.02 Å². The molecule has 1 aromatic rings. The van der Waals surface area contributed by atoms with Crippen molar-refractivity contribution in [3.8, 4) is 0 Å². The Labute approximate surface area is 135 Å². The molecule has 2 unspecified atom stereocenters. The average molecular weight is 346 g/mol. The van der Waals surface area contributed by atoms with Gasteiger partial charge >= 0.3 is 0 Å². The molecule has 0 spiro atoms. The quantitative estimate of drug-likeness (QED) is 0.868. The minimum atomic E-state index is -3.77. The van der Waals surface area contributed by atoms with E-state index in [9.17, 15) is 8.42 Å². The van der Waals surface area contributed by atoms with Crippen molar-refractivity contribution in [2.24, 2.45) is 11.1 Å². The lowest BCUT2D eigenvalue weighted by Crippen LogP contribution is -2.49. The summed E-state index contributed by atoms with van der Waals surface area (Å²) in [6.07, 6.45) is 7.87. The predicted molar refractivity (Wildman–Crippen MR) is 91.0 cm³/mol. The van der Waals surface area contributed by atoms with Crippen molar-refractivity contribution in [2.45, 2.75) is 37.9 Å². The van der Waals surface area contributed by atoms with Crippen molar-refractivity contribution in [3.63, 3.8) is 0 Å². The van der Waals surface area contributed by atoms with Gasteiger partial charge in [-0.3, -0.25) is 0 Å².